The van der Waals surface area contributed by atoms with Crippen LogP contribution in [0, 0.1) is 12.7 Å². The molecule has 1 heterocycles. The van der Waals surface area contributed by atoms with E-state index in [1.54, 1.807) is 19.1 Å². The number of aryl methyl sites for hydroxylation is 1. The highest BCUT2D eigenvalue weighted by Crippen LogP contribution is 2.21. The van der Waals surface area contributed by atoms with Gasteiger partial charge in [0.15, 0.2) is 5.69 Å². The Morgan fingerprint density at radius 1 is 1.32 bits per heavy atom. The Kier molecular flexibility index (Phi) is 4.11. The van der Waals surface area contributed by atoms with Crippen molar-refractivity contribution in [2.75, 3.05) is 0 Å². The topological polar surface area (TPSA) is 63.1 Å². The molecule has 0 aliphatic rings. The van der Waals surface area contributed by atoms with E-state index in [1.165, 1.54) is 30.0 Å². The highest BCUT2D eigenvalue weighted by Gasteiger charge is 2.08. The van der Waals surface area contributed by atoms with Crippen LogP contribution in [-0.2, 0) is 5.75 Å². The zero-order chi connectivity index (χ0) is 13.8. The molecule has 0 bridgehead atoms. The number of aromatic nitrogens is 2. The number of nitrogens with zero attached hydrogens (tertiary/aromatic N) is 2. The van der Waals surface area contributed by atoms with Crippen LogP contribution >= 0.6 is 11.8 Å². The molecule has 1 aromatic carbocycles. The maximum absolute atomic E-state index is 12.7. The first-order valence-corrected chi connectivity index (χ1v) is 6.49. The molecule has 98 valence electrons. The van der Waals surface area contributed by atoms with E-state index >= 15 is 0 Å². The van der Waals surface area contributed by atoms with Crippen LogP contribution in [0.3, 0.4) is 0 Å². The van der Waals surface area contributed by atoms with Gasteiger partial charge >= 0.3 is 5.97 Å². The van der Waals surface area contributed by atoms with Gasteiger partial charge in [-0.25, -0.2) is 19.2 Å². The second-order valence-corrected chi connectivity index (χ2v) is 4.91. The number of carboxylic acids is 1. The van der Waals surface area contributed by atoms with Gasteiger partial charge in [0.25, 0.3) is 0 Å². The van der Waals surface area contributed by atoms with Gasteiger partial charge in [-0.3, -0.25) is 0 Å². The van der Waals surface area contributed by atoms with Crippen molar-refractivity contribution in [1.29, 1.82) is 0 Å². The molecule has 2 aromatic rings. The summed E-state index contributed by atoms with van der Waals surface area (Å²) < 4.78 is 12.7. The van der Waals surface area contributed by atoms with Gasteiger partial charge in [-0.2, -0.15) is 0 Å². The zero-order valence-electron chi connectivity index (χ0n) is 10.1. The summed E-state index contributed by atoms with van der Waals surface area (Å²) in [7, 11) is 0. The fraction of sp³-hybridized carbons (Fsp3) is 0.154. The number of rotatable bonds is 4. The first-order valence-electron chi connectivity index (χ1n) is 5.51. The molecule has 1 N–H and O–H groups in total. The average molecular weight is 278 g/mol. The second-order valence-electron chi connectivity index (χ2n) is 3.86. The van der Waals surface area contributed by atoms with Crippen LogP contribution in [0.1, 0.15) is 22.0 Å². The lowest BCUT2D eigenvalue weighted by atomic mass is 10.3. The van der Waals surface area contributed by atoms with Crippen LogP contribution in [0.25, 0.3) is 0 Å². The lowest BCUT2D eigenvalue weighted by Gasteiger charge is -2.03. The molecule has 4 nitrogen and oxygen atoms in total. The van der Waals surface area contributed by atoms with Gasteiger partial charge in [-0.15, -0.1) is 11.8 Å². The third-order valence-corrected chi connectivity index (χ3v) is 3.31. The zero-order valence-corrected chi connectivity index (χ0v) is 10.9. The minimum Gasteiger partial charge on any atom is -0.477 e. The van der Waals surface area contributed by atoms with Gasteiger partial charge in [0.2, 0.25) is 0 Å². The second kappa shape index (κ2) is 5.79. The van der Waals surface area contributed by atoms with E-state index in [0.717, 1.165) is 4.90 Å². The summed E-state index contributed by atoms with van der Waals surface area (Å²) in [5, 5.41) is 8.91. The Hall–Kier alpha value is -1.95. The monoisotopic (exact) mass is 278 g/mol. The smallest absolute Gasteiger partial charge is 0.354 e. The molecular formula is C13H11FN2O2S. The van der Waals surface area contributed by atoms with Crippen LogP contribution < -0.4 is 0 Å². The number of halogens is 1. The minimum absolute atomic E-state index is 0.0118. The molecular weight excluding hydrogens is 267 g/mol. The van der Waals surface area contributed by atoms with Crippen molar-refractivity contribution < 1.29 is 14.3 Å². The maximum atomic E-state index is 12.7. The van der Waals surface area contributed by atoms with Crippen LogP contribution in [0.2, 0.25) is 0 Å². The van der Waals surface area contributed by atoms with Gasteiger partial charge in [0, 0.05) is 10.6 Å². The summed E-state index contributed by atoms with van der Waals surface area (Å²) in [4.78, 5) is 19.9. The predicted molar refractivity (Wildman–Crippen MR) is 69.7 cm³/mol. The average Bonchev–Trinajstić information content (AvgIpc) is 2.37. The highest BCUT2D eigenvalue weighted by atomic mass is 32.2. The van der Waals surface area contributed by atoms with Gasteiger partial charge in [-0.05, 0) is 37.3 Å². The van der Waals surface area contributed by atoms with E-state index < -0.39 is 5.97 Å². The van der Waals surface area contributed by atoms with Gasteiger partial charge < -0.3 is 5.11 Å². The summed E-state index contributed by atoms with van der Waals surface area (Å²) >= 11 is 1.43. The van der Waals surface area contributed by atoms with Crippen molar-refractivity contribution in [1.82, 2.24) is 9.97 Å². The number of hydrogen-bond acceptors (Lipinski definition) is 4. The standard InChI is InChI=1S/C13H11FN2O2S/c1-8-6-11(13(17)18)16-12(15-8)7-19-10-4-2-9(14)3-5-10/h2-6H,7H2,1H3,(H,17,18). The molecule has 0 fully saturated rings. The lowest BCUT2D eigenvalue weighted by Crippen LogP contribution is -2.05. The van der Waals surface area contributed by atoms with E-state index in [2.05, 4.69) is 9.97 Å². The maximum Gasteiger partial charge on any atom is 0.354 e. The van der Waals surface area contributed by atoms with Crippen molar-refractivity contribution in [3.05, 3.63) is 53.4 Å². The quantitative estimate of drug-likeness (QED) is 0.871. The fourth-order valence-electron chi connectivity index (χ4n) is 1.48. The van der Waals surface area contributed by atoms with Crippen molar-refractivity contribution in [3.63, 3.8) is 0 Å². The molecule has 2 rings (SSSR count). The fourth-order valence-corrected chi connectivity index (χ4v) is 2.24. The summed E-state index contributed by atoms with van der Waals surface area (Å²) in [5.74, 6) is -0.470. The van der Waals surface area contributed by atoms with Crippen molar-refractivity contribution in [2.45, 2.75) is 17.6 Å². The van der Waals surface area contributed by atoms with E-state index in [1.807, 2.05) is 0 Å². The van der Waals surface area contributed by atoms with Crippen molar-refractivity contribution in [3.8, 4) is 0 Å². The molecule has 0 spiro atoms. The molecule has 0 amide bonds. The van der Waals surface area contributed by atoms with E-state index in [4.69, 9.17) is 5.11 Å². The lowest BCUT2D eigenvalue weighted by molar-refractivity contribution is 0.0689. The Morgan fingerprint density at radius 2 is 2.00 bits per heavy atom. The molecule has 6 heteroatoms. The molecule has 0 radical (unpaired) electrons. The highest BCUT2D eigenvalue weighted by molar-refractivity contribution is 7.98. The first kappa shape index (κ1) is 13.5. The number of benzene rings is 1. The largest absolute Gasteiger partial charge is 0.477 e. The van der Waals surface area contributed by atoms with Gasteiger partial charge in [0.05, 0.1) is 5.75 Å². The molecule has 0 atom stereocenters. The van der Waals surface area contributed by atoms with Gasteiger partial charge in [0.1, 0.15) is 11.6 Å². The number of hydrogen-bond donors (Lipinski definition) is 1. The number of carboxylic acid groups (broad SMARTS) is 1. The summed E-state index contributed by atoms with van der Waals surface area (Å²) in [6.45, 7) is 1.72. The van der Waals surface area contributed by atoms with Crippen LogP contribution in [0.5, 0.6) is 0 Å². The molecule has 0 aliphatic carbocycles. The summed E-state index contributed by atoms with van der Waals surface area (Å²) in [6.07, 6.45) is 0. The van der Waals surface area contributed by atoms with Crippen molar-refractivity contribution in [2.24, 2.45) is 0 Å². The molecule has 0 unspecified atom stereocenters. The van der Waals surface area contributed by atoms with E-state index in [9.17, 15) is 9.18 Å². The third kappa shape index (κ3) is 3.75. The predicted octanol–water partition coefficient (Wildman–Crippen LogP) is 2.91. The Morgan fingerprint density at radius 3 is 2.63 bits per heavy atom. The Labute approximate surface area is 113 Å². The number of aromatic carboxylic acids is 1. The number of carbonyl (C=O) groups is 1. The Bertz CT molecular complexity index is 602. The Balaban J connectivity index is 2.11. The molecule has 19 heavy (non-hydrogen) atoms. The SMILES string of the molecule is Cc1cc(C(=O)O)nc(CSc2ccc(F)cc2)n1. The molecule has 0 aliphatic heterocycles. The van der Waals surface area contributed by atoms with E-state index in [0.29, 0.717) is 17.3 Å². The minimum atomic E-state index is -1.07. The van der Waals surface area contributed by atoms with Gasteiger partial charge in [-0.1, -0.05) is 0 Å². The normalized spacial score (nSPS) is 10.4. The molecule has 0 saturated heterocycles. The van der Waals surface area contributed by atoms with E-state index in [-0.39, 0.29) is 11.5 Å². The van der Waals surface area contributed by atoms with Crippen LogP contribution in [-0.4, -0.2) is 21.0 Å². The number of thioether (sulfide) groups is 1. The molecule has 0 saturated carbocycles. The molecule has 1 aromatic heterocycles. The van der Waals surface area contributed by atoms with Crippen molar-refractivity contribution >= 4 is 17.7 Å². The first-order chi connectivity index (χ1) is 9.04. The van der Waals surface area contributed by atoms with Crippen LogP contribution in [0.15, 0.2) is 35.2 Å². The summed E-state index contributed by atoms with van der Waals surface area (Å²) in [6, 6.07) is 7.50. The summed E-state index contributed by atoms with van der Waals surface area (Å²) in [5.41, 5.74) is 0.601. The van der Waals surface area contributed by atoms with Crippen LogP contribution in [0.4, 0.5) is 4.39 Å². The third-order valence-electron chi connectivity index (χ3n) is 2.30.